The van der Waals surface area contributed by atoms with Crippen molar-refractivity contribution < 1.29 is 9.13 Å². The van der Waals surface area contributed by atoms with Crippen LogP contribution in [-0.2, 0) is 11.2 Å². The monoisotopic (exact) mass is 472 g/mol. The fourth-order valence-corrected chi connectivity index (χ4v) is 3.91. The molecular formula is C31H37FN2O. The van der Waals surface area contributed by atoms with Gasteiger partial charge in [-0.05, 0) is 61.8 Å². The lowest BCUT2D eigenvalue weighted by Gasteiger charge is -2.12. The van der Waals surface area contributed by atoms with E-state index in [4.69, 9.17) is 4.74 Å². The first-order chi connectivity index (χ1) is 17.1. The zero-order chi connectivity index (χ0) is 24.9. The third-order valence-corrected chi connectivity index (χ3v) is 5.97. The number of unbranched alkanes of at least 4 members (excludes halogenated alkanes) is 3. The smallest absolute Gasteiger partial charge is 0.159 e. The van der Waals surface area contributed by atoms with E-state index in [1.54, 1.807) is 6.07 Å². The van der Waals surface area contributed by atoms with E-state index in [1.165, 1.54) is 12.8 Å². The Morgan fingerprint density at radius 3 is 2.43 bits per heavy atom. The van der Waals surface area contributed by atoms with Crippen molar-refractivity contribution in [3.8, 4) is 22.5 Å². The average Bonchev–Trinajstić information content (AvgIpc) is 2.87. The van der Waals surface area contributed by atoms with Crippen LogP contribution in [0.15, 0.2) is 73.6 Å². The van der Waals surface area contributed by atoms with Crippen LogP contribution < -0.4 is 0 Å². The van der Waals surface area contributed by atoms with Crippen molar-refractivity contribution >= 4 is 6.08 Å². The van der Waals surface area contributed by atoms with E-state index in [2.05, 4.69) is 36.5 Å². The molecule has 35 heavy (non-hydrogen) atoms. The summed E-state index contributed by atoms with van der Waals surface area (Å²) in [5, 5.41) is 0. The molecule has 0 amide bonds. The van der Waals surface area contributed by atoms with Gasteiger partial charge in [-0.15, -0.1) is 6.58 Å². The van der Waals surface area contributed by atoms with Crippen LogP contribution in [0.25, 0.3) is 28.6 Å². The van der Waals surface area contributed by atoms with E-state index >= 15 is 0 Å². The van der Waals surface area contributed by atoms with Gasteiger partial charge in [0.15, 0.2) is 5.82 Å². The Morgan fingerprint density at radius 2 is 1.74 bits per heavy atom. The molecule has 0 saturated carbocycles. The second kappa shape index (κ2) is 14.3. The van der Waals surface area contributed by atoms with E-state index in [-0.39, 0.29) is 5.82 Å². The lowest BCUT2D eigenvalue weighted by Crippen LogP contribution is -2.08. The minimum atomic E-state index is -0.223. The number of halogens is 1. The second-order valence-electron chi connectivity index (χ2n) is 8.95. The van der Waals surface area contributed by atoms with Crippen LogP contribution >= 0.6 is 0 Å². The molecule has 3 nitrogen and oxygen atoms in total. The molecule has 2 aromatic carbocycles. The van der Waals surface area contributed by atoms with Crippen molar-refractivity contribution in [3.05, 3.63) is 90.5 Å². The molecule has 3 rings (SSSR count). The number of hydrogen-bond donors (Lipinski definition) is 0. The quantitative estimate of drug-likeness (QED) is 0.174. The SMILES string of the molecule is C=CCc1cnc(-c2ccc(-c3ccc(C=CCCCC(C)OCCCCC)cc3F)cc2)nc1. The summed E-state index contributed by atoms with van der Waals surface area (Å²) in [6.45, 7) is 8.94. The van der Waals surface area contributed by atoms with Gasteiger partial charge < -0.3 is 4.74 Å². The van der Waals surface area contributed by atoms with Gasteiger partial charge >= 0.3 is 0 Å². The van der Waals surface area contributed by atoms with E-state index in [0.29, 0.717) is 17.5 Å². The maximum Gasteiger partial charge on any atom is 0.159 e. The molecule has 3 aromatic rings. The molecule has 0 bridgehead atoms. The fraction of sp³-hybridized carbons (Fsp3) is 0.355. The maximum absolute atomic E-state index is 14.8. The number of rotatable bonds is 14. The number of aromatic nitrogens is 2. The molecule has 1 heterocycles. The maximum atomic E-state index is 14.8. The highest BCUT2D eigenvalue weighted by Crippen LogP contribution is 2.26. The van der Waals surface area contributed by atoms with Crippen LogP contribution in [0.1, 0.15) is 63.5 Å². The summed E-state index contributed by atoms with van der Waals surface area (Å²) in [6, 6.07) is 13.1. The number of benzene rings is 2. The number of hydrogen-bond acceptors (Lipinski definition) is 3. The van der Waals surface area contributed by atoms with Crippen LogP contribution in [0.3, 0.4) is 0 Å². The minimum Gasteiger partial charge on any atom is -0.379 e. The van der Waals surface area contributed by atoms with Crippen LogP contribution in [-0.4, -0.2) is 22.7 Å². The third kappa shape index (κ3) is 8.56. The number of nitrogens with zero attached hydrogens (tertiary/aromatic N) is 2. The Labute approximate surface area is 209 Å². The van der Waals surface area contributed by atoms with E-state index in [0.717, 1.165) is 61.0 Å². The normalized spacial score (nSPS) is 12.2. The van der Waals surface area contributed by atoms with E-state index in [1.807, 2.05) is 60.9 Å². The van der Waals surface area contributed by atoms with Crippen molar-refractivity contribution in [2.45, 2.75) is 64.9 Å². The molecule has 0 saturated heterocycles. The van der Waals surface area contributed by atoms with Gasteiger partial charge in [0.2, 0.25) is 0 Å². The number of ether oxygens (including phenoxy) is 1. The molecule has 1 atom stereocenters. The fourth-order valence-electron chi connectivity index (χ4n) is 3.91. The topological polar surface area (TPSA) is 35.0 Å². The first-order valence-electron chi connectivity index (χ1n) is 12.7. The second-order valence-corrected chi connectivity index (χ2v) is 8.95. The molecule has 0 aliphatic rings. The number of allylic oxidation sites excluding steroid dienone is 2. The lowest BCUT2D eigenvalue weighted by molar-refractivity contribution is 0.0566. The minimum absolute atomic E-state index is 0.223. The Hall–Kier alpha value is -3.11. The van der Waals surface area contributed by atoms with Crippen LogP contribution in [0, 0.1) is 5.82 Å². The van der Waals surface area contributed by atoms with E-state index in [9.17, 15) is 4.39 Å². The van der Waals surface area contributed by atoms with Crippen molar-refractivity contribution in [3.63, 3.8) is 0 Å². The van der Waals surface area contributed by atoms with Crippen molar-refractivity contribution in [1.29, 1.82) is 0 Å². The molecule has 0 aliphatic heterocycles. The first kappa shape index (κ1) is 26.5. The summed E-state index contributed by atoms with van der Waals surface area (Å²) in [6.07, 6.45) is 17.3. The third-order valence-electron chi connectivity index (χ3n) is 5.97. The summed E-state index contributed by atoms with van der Waals surface area (Å²) in [5.74, 6) is 0.432. The van der Waals surface area contributed by atoms with Crippen molar-refractivity contribution in [2.75, 3.05) is 6.61 Å². The largest absolute Gasteiger partial charge is 0.379 e. The predicted molar refractivity (Wildman–Crippen MR) is 145 cm³/mol. The van der Waals surface area contributed by atoms with Gasteiger partial charge in [-0.2, -0.15) is 0 Å². The summed E-state index contributed by atoms with van der Waals surface area (Å²) >= 11 is 0. The predicted octanol–water partition coefficient (Wildman–Crippen LogP) is 8.46. The van der Waals surface area contributed by atoms with Gasteiger partial charge in [-0.3, -0.25) is 0 Å². The standard InChI is InChI=1S/C31H37FN2O/c1-4-6-10-20-35-24(3)12-8-7-9-13-25-14-19-29(30(32)21-25)27-15-17-28(18-16-27)31-33-22-26(11-5-2)23-34-31/h5,9,13-19,21-24H,2,4,6-8,10-12,20H2,1,3H3. The summed E-state index contributed by atoms with van der Waals surface area (Å²) in [5.41, 5.74) is 4.22. The lowest BCUT2D eigenvalue weighted by atomic mass is 10.0. The Kier molecular flexibility index (Phi) is 10.8. The highest BCUT2D eigenvalue weighted by Gasteiger charge is 2.08. The molecule has 0 fully saturated rings. The van der Waals surface area contributed by atoms with Gasteiger partial charge in [0.05, 0.1) is 6.10 Å². The first-order valence-corrected chi connectivity index (χ1v) is 12.7. The molecule has 1 unspecified atom stereocenters. The van der Waals surface area contributed by atoms with Crippen LogP contribution in [0.2, 0.25) is 0 Å². The molecule has 0 spiro atoms. The Morgan fingerprint density at radius 1 is 1.00 bits per heavy atom. The zero-order valence-corrected chi connectivity index (χ0v) is 21.1. The summed E-state index contributed by atoms with van der Waals surface area (Å²) in [4.78, 5) is 8.85. The van der Waals surface area contributed by atoms with Gasteiger partial charge in [-0.1, -0.05) is 74.4 Å². The van der Waals surface area contributed by atoms with Gasteiger partial charge in [0, 0.05) is 30.1 Å². The highest BCUT2D eigenvalue weighted by molar-refractivity contribution is 5.69. The zero-order valence-electron chi connectivity index (χ0n) is 21.1. The highest BCUT2D eigenvalue weighted by atomic mass is 19.1. The molecule has 4 heteroatoms. The Balaban J connectivity index is 1.51. The van der Waals surface area contributed by atoms with Crippen molar-refractivity contribution in [1.82, 2.24) is 9.97 Å². The molecule has 1 aromatic heterocycles. The average molecular weight is 473 g/mol. The van der Waals surface area contributed by atoms with Gasteiger partial charge in [0.25, 0.3) is 0 Å². The Bertz CT molecular complexity index is 1070. The van der Waals surface area contributed by atoms with Gasteiger partial charge in [-0.25, -0.2) is 14.4 Å². The molecule has 0 radical (unpaired) electrons. The van der Waals surface area contributed by atoms with Gasteiger partial charge in [0.1, 0.15) is 5.82 Å². The van der Waals surface area contributed by atoms with Crippen LogP contribution in [0.4, 0.5) is 4.39 Å². The molecule has 184 valence electrons. The summed E-state index contributed by atoms with van der Waals surface area (Å²) < 4.78 is 20.7. The van der Waals surface area contributed by atoms with Crippen LogP contribution in [0.5, 0.6) is 0 Å². The molecule has 0 N–H and O–H groups in total. The molecular weight excluding hydrogens is 435 g/mol. The van der Waals surface area contributed by atoms with Crippen molar-refractivity contribution in [2.24, 2.45) is 0 Å². The summed E-state index contributed by atoms with van der Waals surface area (Å²) in [7, 11) is 0. The van der Waals surface area contributed by atoms with E-state index < -0.39 is 0 Å². The molecule has 0 aliphatic carbocycles.